The van der Waals surface area contributed by atoms with Crippen molar-refractivity contribution in [1.82, 2.24) is 0 Å². The van der Waals surface area contributed by atoms with E-state index < -0.39 is 5.97 Å². The number of carbonyl (C=O) groups is 1. The van der Waals surface area contributed by atoms with Crippen molar-refractivity contribution < 1.29 is 14.6 Å². The first kappa shape index (κ1) is 11.4. The van der Waals surface area contributed by atoms with Gasteiger partial charge in [0.1, 0.15) is 0 Å². The molecule has 0 spiro atoms. The van der Waals surface area contributed by atoms with Gasteiger partial charge in [-0.2, -0.15) is 0 Å². The van der Waals surface area contributed by atoms with E-state index >= 15 is 0 Å². The van der Waals surface area contributed by atoms with E-state index in [1.165, 1.54) is 0 Å². The largest absolute Gasteiger partial charge is 0.481 e. The van der Waals surface area contributed by atoms with Crippen molar-refractivity contribution in [3.8, 4) is 0 Å². The summed E-state index contributed by atoms with van der Waals surface area (Å²) in [5.74, 6) is -0.974. The number of aliphatic carboxylic acids is 1. The molecular weight excluding hydrogens is 156 g/mol. The first-order valence-corrected chi connectivity index (χ1v) is 4.40. The van der Waals surface area contributed by atoms with Crippen LogP contribution in [0.3, 0.4) is 0 Å². The van der Waals surface area contributed by atoms with E-state index in [1.807, 2.05) is 13.8 Å². The predicted octanol–water partition coefficient (Wildman–Crippen LogP) is 1.77. The van der Waals surface area contributed by atoms with Gasteiger partial charge in [-0.25, -0.2) is 0 Å². The quantitative estimate of drug-likeness (QED) is 0.624. The fraction of sp³-hybridized carbons (Fsp3) is 0.889. The van der Waals surface area contributed by atoms with Crippen LogP contribution in [0.1, 0.15) is 27.2 Å². The third-order valence-corrected chi connectivity index (χ3v) is 1.97. The van der Waals surface area contributed by atoms with Gasteiger partial charge in [-0.05, 0) is 12.3 Å². The molecule has 0 aliphatic heterocycles. The Morgan fingerprint density at radius 2 is 2.08 bits per heavy atom. The molecule has 0 aliphatic carbocycles. The van der Waals surface area contributed by atoms with E-state index in [1.54, 1.807) is 6.92 Å². The fourth-order valence-corrected chi connectivity index (χ4v) is 0.801. The smallest absolute Gasteiger partial charge is 0.306 e. The van der Waals surface area contributed by atoms with E-state index in [-0.39, 0.29) is 11.8 Å². The predicted molar refractivity (Wildman–Crippen MR) is 47.1 cm³/mol. The molecule has 1 N–H and O–H groups in total. The first-order chi connectivity index (χ1) is 5.59. The van der Waals surface area contributed by atoms with E-state index in [9.17, 15) is 4.79 Å². The Morgan fingerprint density at radius 3 is 2.50 bits per heavy atom. The van der Waals surface area contributed by atoms with Crippen LogP contribution in [0.25, 0.3) is 0 Å². The summed E-state index contributed by atoms with van der Waals surface area (Å²) >= 11 is 0. The van der Waals surface area contributed by atoms with Gasteiger partial charge in [-0.15, -0.1) is 0 Å². The average Bonchev–Trinajstić information content (AvgIpc) is 2.03. The van der Waals surface area contributed by atoms with Gasteiger partial charge < -0.3 is 9.84 Å². The maximum atomic E-state index is 10.5. The number of hydrogen-bond donors (Lipinski definition) is 1. The first-order valence-electron chi connectivity index (χ1n) is 4.40. The maximum Gasteiger partial charge on any atom is 0.306 e. The van der Waals surface area contributed by atoms with E-state index in [0.29, 0.717) is 6.61 Å². The lowest BCUT2D eigenvalue weighted by Crippen LogP contribution is -2.22. The normalized spacial score (nSPS) is 15.6. The minimum absolute atomic E-state index is 0.0917. The Balaban J connectivity index is 3.56. The molecule has 0 fully saturated rings. The van der Waals surface area contributed by atoms with Gasteiger partial charge in [-0.1, -0.05) is 20.8 Å². The van der Waals surface area contributed by atoms with Crippen molar-refractivity contribution in [2.24, 2.45) is 11.8 Å². The van der Waals surface area contributed by atoms with E-state index in [4.69, 9.17) is 9.84 Å². The average molecular weight is 174 g/mol. The van der Waals surface area contributed by atoms with Crippen molar-refractivity contribution in [2.75, 3.05) is 13.2 Å². The summed E-state index contributed by atoms with van der Waals surface area (Å²) in [7, 11) is 0. The summed E-state index contributed by atoms with van der Waals surface area (Å²) in [6, 6.07) is 0. The third-order valence-electron chi connectivity index (χ3n) is 1.97. The summed E-state index contributed by atoms with van der Waals surface area (Å²) < 4.78 is 5.25. The zero-order valence-corrected chi connectivity index (χ0v) is 8.04. The molecule has 0 heterocycles. The Bertz CT molecular complexity index is 134. The van der Waals surface area contributed by atoms with E-state index in [2.05, 4.69) is 0 Å². The lowest BCUT2D eigenvalue weighted by atomic mass is 9.97. The van der Waals surface area contributed by atoms with E-state index in [0.717, 1.165) is 13.0 Å². The molecule has 0 bridgehead atoms. The second kappa shape index (κ2) is 6.00. The number of hydrogen-bond acceptors (Lipinski definition) is 2. The highest BCUT2D eigenvalue weighted by Crippen LogP contribution is 2.11. The SMILES string of the molecule is CCCOCC(C)C(C)C(=O)O. The van der Waals surface area contributed by atoms with Crippen LogP contribution >= 0.6 is 0 Å². The van der Waals surface area contributed by atoms with Crippen LogP contribution in [0.4, 0.5) is 0 Å². The standard InChI is InChI=1S/C9H18O3/c1-4-5-12-6-7(2)8(3)9(10)11/h7-8H,4-6H2,1-3H3,(H,10,11). The van der Waals surface area contributed by atoms with Gasteiger partial charge in [-0.3, -0.25) is 4.79 Å². The summed E-state index contributed by atoms with van der Waals surface area (Å²) in [5.41, 5.74) is 0. The van der Waals surface area contributed by atoms with Gasteiger partial charge in [0.25, 0.3) is 0 Å². The van der Waals surface area contributed by atoms with Crippen molar-refractivity contribution in [3.05, 3.63) is 0 Å². The van der Waals surface area contributed by atoms with Crippen LogP contribution in [0.2, 0.25) is 0 Å². The molecule has 0 aliphatic rings. The Hall–Kier alpha value is -0.570. The number of ether oxygens (including phenoxy) is 1. The van der Waals surface area contributed by atoms with Crippen molar-refractivity contribution in [3.63, 3.8) is 0 Å². The molecule has 0 radical (unpaired) electrons. The number of rotatable bonds is 6. The Morgan fingerprint density at radius 1 is 1.50 bits per heavy atom. The minimum atomic E-state index is -0.748. The minimum Gasteiger partial charge on any atom is -0.481 e. The summed E-state index contributed by atoms with van der Waals surface area (Å²) in [6.07, 6.45) is 0.980. The molecule has 0 aromatic carbocycles. The molecule has 3 nitrogen and oxygen atoms in total. The lowest BCUT2D eigenvalue weighted by molar-refractivity contribution is -0.143. The van der Waals surface area contributed by atoms with Gasteiger partial charge in [0.2, 0.25) is 0 Å². The fourth-order valence-electron chi connectivity index (χ4n) is 0.801. The molecular formula is C9H18O3. The third kappa shape index (κ3) is 4.34. The van der Waals surface area contributed by atoms with Gasteiger partial charge >= 0.3 is 5.97 Å². The van der Waals surface area contributed by atoms with Gasteiger partial charge in [0.15, 0.2) is 0 Å². The molecule has 2 atom stereocenters. The second-order valence-corrected chi connectivity index (χ2v) is 3.18. The van der Waals surface area contributed by atoms with Crippen LogP contribution in [0.5, 0.6) is 0 Å². The van der Waals surface area contributed by atoms with Crippen LogP contribution in [-0.4, -0.2) is 24.3 Å². The van der Waals surface area contributed by atoms with Crippen molar-refractivity contribution in [2.45, 2.75) is 27.2 Å². The molecule has 0 saturated heterocycles. The van der Waals surface area contributed by atoms with Gasteiger partial charge in [0, 0.05) is 13.2 Å². The molecule has 0 amide bonds. The summed E-state index contributed by atoms with van der Waals surface area (Å²) in [4.78, 5) is 10.5. The molecule has 0 aromatic rings. The zero-order valence-electron chi connectivity index (χ0n) is 8.04. The summed E-state index contributed by atoms with van der Waals surface area (Å²) in [5, 5.41) is 8.65. The highest BCUT2D eigenvalue weighted by molar-refractivity contribution is 5.69. The van der Waals surface area contributed by atoms with Gasteiger partial charge in [0.05, 0.1) is 5.92 Å². The topological polar surface area (TPSA) is 46.5 Å². The highest BCUT2D eigenvalue weighted by Gasteiger charge is 2.18. The van der Waals surface area contributed by atoms with Crippen molar-refractivity contribution in [1.29, 1.82) is 0 Å². The van der Waals surface area contributed by atoms with Crippen LogP contribution < -0.4 is 0 Å². The molecule has 0 saturated carbocycles. The van der Waals surface area contributed by atoms with Crippen molar-refractivity contribution >= 4 is 5.97 Å². The zero-order chi connectivity index (χ0) is 9.56. The molecule has 0 aromatic heterocycles. The highest BCUT2D eigenvalue weighted by atomic mass is 16.5. The van der Waals surface area contributed by atoms with Crippen LogP contribution in [0.15, 0.2) is 0 Å². The van der Waals surface area contributed by atoms with Crippen LogP contribution in [-0.2, 0) is 9.53 Å². The Labute approximate surface area is 73.7 Å². The molecule has 0 rings (SSSR count). The molecule has 2 unspecified atom stereocenters. The second-order valence-electron chi connectivity index (χ2n) is 3.18. The lowest BCUT2D eigenvalue weighted by Gasteiger charge is -2.15. The molecule has 3 heteroatoms. The maximum absolute atomic E-state index is 10.5. The molecule has 12 heavy (non-hydrogen) atoms. The molecule has 72 valence electrons. The monoisotopic (exact) mass is 174 g/mol. The van der Waals surface area contributed by atoms with Crippen LogP contribution in [0, 0.1) is 11.8 Å². The number of carboxylic acid groups (broad SMARTS) is 1. The Kier molecular flexibility index (Phi) is 5.72. The number of carboxylic acids is 1. The summed E-state index contributed by atoms with van der Waals surface area (Å²) in [6.45, 7) is 6.90.